The quantitative estimate of drug-likeness (QED) is 0.880. The molecule has 0 fully saturated rings. The molecule has 1 N–H and O–H groups in total. The van der Waals surface area contributed by atoms with Gasteiger partial charge in [-0.15, -0.1) is 0 Å². The van der Waals surface area contributed by atoms with Crippen LogP contribution in [-0.4, -0.2) is 23.3 Å². The predicted octanol–water partition coefficient (Wildman–Crippen LogP) is 2.36. The van der Waals surface area contributed by atoms with Crippen molar-refractivity contribution in [2.45, 2.75) is 6.92 Å². The minimum absolute atomic E-state index is 0.179. The first kappa shape index (κ1) is 11.2. The van der Waals surface area contributed by atoms with Crippen LogP contribution in [0.2, 0.25) is 0 Å². The van der Waals surface area contributed by atoms with Crippen molar-refractivity contribution >= 4 is 5.97 Å². The third kappa shape index (κ3) is 1.99. The van der Waals surface area contributed by atoms with E-state index in [1.807, 2.05) is 25.1 Å². The largest absolute Gasteiger partial charge is 0.496 e. The Morgan fingerprint density at radius 3 is 2.82 bits per heavy atom. The second-order valence-corrected chi connectivity index (χ2v) is 3.51. The number of rotatable bonds is 3. The molecular formula is C12H11NO4. The summed E-state index contributed by atoms with van der Waals surface area (Å²) >= 11 is 0. The highest BCUT2D eigenvalue weighted by Gasteiger charge is 2.14. The van der Waals surface area contributed by atoms with Crippen molar-refractivity contribution in [2.75, 3.05) is 7.11 Å². The zero-order valence-electron chi connectivity index (χ0n) is 9.43. The molecule has 0 spiro atoms. The second kappa shape index (κ2) is 4.29. The van der Waals surface area contributed by atoms with Crippen molar-refractivity contribution < 1.29 is 19.2 Å². The Kier molecular flexibility index (Phi) is 2.82. The molecular weight excluding hydrogens is 222 g/mol. The summed E-state index contributed by atoms with van der Waals surface area (Å²) in [5, 5.41) is 12.5. The fraction of sp³-hybridized carbons (Fsp3) is 0.167. The van der Waals surface area contributed by atoms with Crippen molar-refractivity contribution in [3.05, 3.63) is 35.6 Å². The van der Waals surface area contributed by atoms with Crippen LogP contribution in [0.15, 0.2) is 28.8 Å². The Labute approximate surface area is 97.6 Å². The van der Waals surface area contributed by atoms with Crippen LogP contribution >= 0.6 is 0 Å². The summed E-state index contributed by atoms with van der Waals surface area (Å²) in [4.78, 5) is 10.7. The van der Waals surface area contributed by atoms with Crippen LogP contribution in [0.5, 0.6) is 5.75 Å². The lowest BCUT2D eigenvalue weighted by molar-refractivity contribution is 0.0652. The van der Waals surface area contributed by atoms with Gasteiger partial charge in [0.25, 0.3) is 0 Å². The third-order valence-electron chi connectivity index (χ3n) is 2.50. The maximum absolute atomic E-state index is 10.7. The maximum Gasteiger partial charge on any atom is 0.374 e. The summed E-state index contributed by atoms with van der Waals surface area (Å²) in [5.74, 6) is -0.589. The molecule has 5 heteroatoms. The number of hydrogen-bond acceptors (Lipinski definition) is 4. The van der Waals surface area contributed by atoms with E-state index in [1.54, 1.807) is 7.11 Å². The predicted molar refractivity (Wildman–Crippen MR) is 60.2 cm³/mol. The van der Waals surface area contributed by atoms with E-state index in [-0.39, 0.29) is 5.76 Å². The van der Waals surface area contributed by atoms with Crippen molar-refractivity contribution in [2.24, 2.45) is 0 Å². The number of ether oxygens (including phenoxy) is 1. The van der Waals surface area contributed by atoms with Gasteiger partial charge >= 0.3 is 5.97 Å². The van der Waals surface area contributed by atoms with Crippen molar-refractivity contribution in [1.29, 1.82) is 0 Å². The van der Waals surface area contributed by atoms with Crippen LogP contribution in [-0.2, 0) is 0 Å². The first-order valence-electron chi connectivity index (χ1n) is 4.97. The second-order valence-electron chi connectivity index (χ2n) is 3.51. The molecule has 5 nitrogen and oxygen atoms in total. The monoisotopic (exact) mass is 233 g/mol. The van der Waals surface area contributed by atoms with Gasteiger partial charge in [0.15, 0.2) is 0 Å². The standard InChI is InChI=1S/C12H11NO4/c1-7-8(4-3-5-10(7)16-2)9-6-11(12(14)15)17-13-9/h3-6H,1-2H3,(H,14,15). The summed E-state index contributed by atoms with van der Waals surface area (Å²) in [5.41, 5.74) is 2.17. The maximum atomic E-state index is 10.7. The molecule has 1 heterocycles. The van der Waals surface area contributed by atoms with Crippen LogP contribution in [0.3, 0.4) is 0 Å². The van der Waals surface area contributed by atoms with E-state index in [4.69, 9.17) is 14.4 Å². The van der Waals surface area contributed by atoms with Crippen LogP contribution in [0.4, 0.5) is 0 Å². The zero-order valence-corrected chi connectivity index (χ0v) is 9.43. The zero-order chi connectivity index (χ0) is 12.4. The Balaban J connectivity index is 2.49. The van der Waals surface area contributed by atoms with Crippen LogP contribution in [0.1, 0.15) is 16.1 Å². The van der Waals surface area contributed by atoms with E-state index in [1.165, 1.54) is 6.07 Å². The summed E-state index contributed by atoms with van der Waals surface area (Å²) in [6.45, 7) is 1.88. The van der Waals surface area contributed by atoms with E-state index in [9.17, 15) is 4.79 Å². The van der Waals surface area contributed by atoms with Gasteiger partial charge in [0, 0.05) is 17.2 Å². The van der Waals surface area contributed by atoms with Gasteiger partial charge in [-0.2, -0.15) is 0 Å². The third-order valence-corrected chi connectivity index (χ3v) is 2.50. The Hall–Kier alpha value is -2.30. The highest BCUT2D eigenvalue weighted by atomic mass is 16.5. The number of aromatic nitrogens is 1. The average Bonchev–Trinajstić information content (AvgIpc) is 2.78. The van der Waals surface area contributed by atoms with Crippen LogP contribution in [0.25, 0.3) is 11.3 Å². The van der Waals surface area contributed by atoms with Crippen LogP contribution in [0, 0.1) is 6.92 Å². The first-order valence-corrected chi connectivity index (χ1v) is 4.97. The van der Waals surface area contributed by atoms with E-state index < -0.39 is 5.97 Å². The Morgan fingerprint density at radius 2 is 2.24 bits per heavy atom. The molecule has 0 amide bonds. The molecule has 88 valence electrons. The lowest BCUT2D eigenvalue weighted by Gasteiger charge is -2.07. The van der Waals surface area contributed by atoms with Gasteiger partial charge < -0.3 is 14.4 Å². The summed E-state index contributed by atoms with van der Waals surface area (Å²) in [6, 6.07) is 6.87. The van der Waals surface area contributed by atoms with Gasteiger partial charge in [0.05, 0.1) is 7.11 Å². The highest BCUT2D eigenvalue weighted by molar-refractivity contribution is 5.86. The molecule has 2 rings (SSSR count). The number of methoxy groups -OCH3 is 1. The number of hydrogen-bond donors (Lipinski definition) is 1. The number of nitrogens with zero attached hydrogens (tertiary/aromatic N) is 1. The molecule has 0 aliphatic rings. The van der Waals surface area contributed by atoms with Gasteiger partial charge in [-0.05, 0) is 13.0 Å². The highest BCUT2D eigenvalue weighted by Crippen LogP contribution is 2.29. The number of carbonyl (C=O) groups is 1. The fourth-order valence-corrected chi connectivity index (χ4v) is 1.62. The molecule has 0 saturated carbocycles. The molecule has 0 unspecified atom stereocenters. The average molecular weight is 233 g/mol. The smallest absolute Gasteiger partial charge is 0.374 e. The SMILES string of the molecule is COc1cccc(-c2cc(C(=O)O)on2)c1C. The first-order chi connectivity index (χ1) is 8.13. The lowest BCUT2D eigenvalue weighted by Crippen LogP contribution is -1.92. The normalized spacial score (nSPS) is 10.2. The van der Waals surface area contributed by atoms with E-state index in [0.29, 0.717) is 5.69 Å². The summed E-state index contributed by atoms with van der Waals surface area (Å²) in [7, 11) is 1.58. The summed E-state index contributed by atoms with van der Waals surface area (Å²) < 4.78 is 9.91. The van der Waals surface area contributed by atoms with Crippen molar-refractivity contribution in [3.63, 3.8) is 0 Å². The van der Waals surface area contributed by atoms with Crippen LogP contribution < -0.4 is 4.74 Å². The number of carboxylic acid groups (broad SMARTS) is 1. The lowest BCUT2D eigenvalue weighted by atomic mass is 10.0. The molecule has 0 aliphatic carbocycles. The Bertz CT molecular complexity index is 559. The minimum Gasteiger partial charge on any atom is -0.496 e. The molecule has 0 radical (unpaired) electrons. The summed E-state index contributed by atoms with van der Waals surface area (Å²) in [6.07, 6.45) is 0. The van der Waals surface area contributed by atoms with Gasteiger partial charge in [0.2, 0.25) is 5.76 Å². The van der Waals surface area contributed by atoms with Crippen molar-refractivity contribution in [3.8, 4) is 17.0 Å². The van der Waals surface area contributed by atoms with E-state index >= 15 is 0 Å². The van der Waals surface area contributed by atoms with E-state index in [2.05, 4.69) is 5.16 Å². The molecule has 0 atom stereocenters. The topological polar surface area (TPSA) is 72.6 Å². The van der Waals surface area contributed by atoms with Gasteiger partial charge in [0.1, 0.15) is 11.4 Å². The Morgan fingerprint density at radius 1 is 1.47 bits per heavy atom. The number of benzene rings is 1. The molecule has 0 bridgehead atoms. The number of aromatic carboxylic acids is 1. The molecule has 0 aliphatic heterocycles. The van der Waals surface area contributed by atoms with E-state index in [0.717, 1.165) is 16.9 Å². The molecule has 0 saturated heterocycles. The molecule has 2 aromatic rings. The minimum atomic E-state index is -1.13. The van der Waals surface area contributed by atoms with Crippen molar-refractivity contribution in [1.82, 2.24) is 5.16 Å². The number of carboxylic acids is 1. The fourth-order valence-electron chi connectivity index (χ4n) is 1.62. The van der Waals surface area contributed by atoms with Gasteiger partial charge in [-0.25, -0.2) is 4.79 Å². The van der Waals surface area contributed by atoms with Gasteiger partial charge in [-0.3, -0.25) is 0 Å². The van der Waals surface area contributed by atoms with Gasteiger partial charge in [-0.1, -0.05) is 17.3 Å². The molecule has 1 aromatic heterocycles. The molecule has 17 heavy (non-hydrogen) atoms. The molecule has 1 aromatic carbocycles.